The van der Waals surface area contributed by atoms with E-state index in [4.69, 9.17) is 4.74 Å². The molecule has 0 aromatic heterocycles. The van der Waals surface area contributed by atoms with Crippen LogP contribution in [0.3, 0.4) is 0 Å². The smallest absolute Gasteiger partial charge is 0.132 e. The highest BCUT2D eigenvalue weighted by Gasteiger charge is 2.14. The largest absolute Gasteiger partial charge is 0.492 e. The first-order valence-corrected chi connectivity index (χ1v) is 7.38. The summed E-state index contributed by atoms with van der Waals surface area (Å²) in [5.74, 6) is 1.84. The van der Waals surface area contributed by atoms with Gasteiger partial charge in [-0.05, 0) is 37.1 Å². The molecule has 0 amide bonds. The van der Waals surface area contributed by atoms with Gasteiger partial charge in [0.15, 0.2) is 0 Å². The van der Waals surface area contributed by atoms with Crippen LogP contribution in [0.5, 0.6) is 5.75 Å². The van der Waals surface area contributed by atoms with E-state index in [0.29, 0.717) is 0 Å². The molecule has 0 aliphatic heterocycles. The van der Waals surface area contributed by atoms with Crippen LogP contribution in [0.15, 0.2) is 29.2 Å². The fourth-order valence-corrected chi connectivity index (χ4v) is 2.84. The molecule has 1 aliphatic rings. The van der Waals surface area contributed by atoms with Gasteiger partial charge < -0.3 is 4.74 Å². The van der Waals surface area contributed by atoms with Gasteiger partial charge in [-0.3, -0.25) is 0 Å². The van der Waals surface area contributed by atoms with Gasteiger partial charge in [-0.1, -0.05) is 31.4 Å². The van der Waals surface area contributed by atoms with Gasteiger partial charge in [-0.15, -0.1) is 11.8 Å². The molecule has 88 valence electrons. The highest BCUT2D eigenvalue weighted by Crippen LogP contribution is 2.29. The molecular formula is C14H20OS. The van der Waals surface area contributed by atoms with E-state index in [-0.39, 0.29) is 0 Å². The Morgan fingerprint density at radius 1 is 1.19 bits per heavy atom. The number of hydrogen-bond acceptors (Lipinski definition) is 2. The summed E-state index contributed by atoms with van der Waals surface area (Å²) < 4.78 is 5.95. The molecule has 2 rings (SSSR count). The first-order chi connectivity index (χ1) is 7.90. The van der Waals surface area contributed by atoms with Gasteiger partial charge in [0.05, 0.1) is 6.61 Å². The average molecular weight is 236 g/mol. The topological polar surface area (TPSA) is 9.23 Å². The van der Waals surface area contributed by atoms with Gasteiger partial charge in [0.25, 0.3) is 0 Å². The SMILES string of the molecule is CSc1ccccc1OCC1CCCCC1. The van der Waals surface area contributed by atoms with Crippen molar-refractivity contribution in [2.45, 2.75) is 37.0 Å². The molecule has 1 aliphatic carbocycles. The Balaban J connectivity index is 1.88. The van der Waals surface area contributed by atoms with Gasteiger partial charge in [-0.25, -0.2) is 0 Å². The first-order valence-electron chi connectivity index (χ1n) is 6.16. The Hall–Kier alpha value is -0.630. The molecule has 2 heteroatoms. The maximum absolute atomic E-state index is 5.95. The number of rotatable bonds is 4. The van der Waals surface area contributed by atoms with Crippen molar-refractivity contribution in [1.29, 1.82) is 0 Å². The van der Waals surface area contributed by atoms with Crippen molar-refractivity contribution in [1.82, 2.24) is 0 Å². The van der Waals surface area contributed by atoms with Crippen molar-refractivity contribution >= 4 is 11.8 Å². The molecule has 1 fully saturated rings. The summed E-state index contributed by atoms with van der Waals surface area (Å²) in [6.07, 6.45) is 8.99. The second-order valence-corrected chi connectivity index (χ2v) is 5.31. The van der Waals surface area contributed by atoms with Gasteiger partial charge in [0.1, 0.15) is 5.75 Å². The third-order valence-corrected chi connectivity index (χ3v) is 4.05. The lowest BCUT2D eigenvalue weighted by Gasteiger charge is -2.22. The zero-order valence-corrected chi connectivity index (χ0v) is 10.8. The standard InChI is InChI=1S/C14H20OS/c1-16-14-10-6-5-9-13(14)15-11-12-7-3-2-4-8-12/h5-6,9-10,12H,2-4,7-8,11H2,1H3. The minimum absolute atomic E-state index is 0.781. The van der Waals surface area contributed by atoms with Crippen molar-refractivity contribution in [2.24, 2.45) is 5.92 Å². The van der Waals surface area contributed by atoms with E-state index in [1.54, 1.807) is 11.8 Å². The Bertz CT molecular complexity index is 318. The van der Waals surface area contributed by atoms with Crippen molar-refractivity contribution < 1.29 is 4.74 Å². The number of ether oxygens (including phenoxy) is 1. The Morgan fingerprint density at radius 3 is 2.69 bits per heavy atom. The summed E-state index contributed by atoms with van der Waals surface area (Å²) in [6.45, 7) is 0.900. The number of benzene rings is 1. The fourth-order valence-electron chi connectivity index (χ4n) is 2.30. The summed E-state index contributed by atoms with van der Waals surface area (Å²) in [5.41, 5.74) is 0. The van der Waals surface area contributed by atoms with Crippen LogP contribution < -0.4 is 4.74 Å². The second-order valence-electron chi connectivity index (χ2n) is 4.47. The van der Waals surface area contributed by atoms with Gasteiger partial charge >= 0.3 is 0 Å². The summed E-state index contributed by atoms with van der Waals surface area (Å²) in [6, 6.07) is 8.32. The van der Waals surface area contributed by atoms with Crippen LogP contribution >= 0.6 is 11.8 Å². The van der Waals surface area contributed by atoms with Crippen molar-refractivity contribution in [3.05, 3.63) is 24.3 Å². The lowest BCUT2D eigenvalue weighted by molar-refractivity contribution is 0.205. The van der Waals surface area contributed by atoms with Crippen LogP contribution in [0.2, 0.25) is 0 Å². The summed E-state index contributed by atoms with van der Waals surface area (Å²) in [7, 11) is 0. The van der Waals surface area contributed by atoms with Crippen LogP contribution in [0.25, 0.3) is 0 Å². The average Bonchev–Trinajstić information content (AvgIpc) is 2.38. The van der Waals surface area contributed by atoms with Crippen LogP contribution in [-0.2, 0) is 0 Å². The van der Waals surface area contributed by atoms with Crippen LogP contribution in [0, 0.1) is 5.92 Å². The maximum atomic E-state index is 5.95. The molecule has 0 atom stereocenters. The van der Waals surface area contributed by atoms with Gasteiger partial charge in [0, 0.05) is 4.90 Å². The third-order valence-electron chi connectivity index (χ3n) is 3.27. The Labute approximate surface area is 103 Å². The molecule has 1 aromatic carbocycles. The second kappa shape index (κ2) is 6.19. The predicted octanol–water partition coefficient (Wildman–Crippen LogP) is 4.37. The Morgan fingerprint density at radius 2 is 1.94 bits per heavy atom. The van der Waals surface area contributed by atoms with Crippen LogP contribution in [0.1, 0.15) is 32.1 Å². The zero-order valence-electron chi connectivity index (χ0n) is 9.95. The summed E-state index contributed by atoms with van der Waals surface area (Å²) in [5, 5.41) is 0. The van der Waals surface area contributed by atoms with E-state index in [2.05, 4.69) is 30.5 Å². The van der Waals surface area contributed by atoms with Crippen molar-refractivity contribution in [3.63, 3.8) is 0 Å². The minimum atomic E-state index is 0.781. The molecule has 1 aromatic rings. The molecule has 0 heterocycles. The van der Waals surface area contributed by atoms with E-state index in [1.807, 2.05) is 0 Å². The molecular weight excluding hydrogens is 216 g/mol. The molecule has 0 saturated heterocycles. The van der Waals surface area contributed by atoms with Crippen LogP contribution in [0.4, 0.5) is 0 Å². The molecule has 0 bridgehead atoms. The van der Waals surface area contributed by atoms with E-state index in [0.717, 1.165) is 18.3 Å². The highest BCUT2D eigenvalue weighted by atomic mass is 32.2. The zero-order chi connectivity index (χ0) is 11.2. The minimum Gasteiger partial charge on any atom is -0.492 e. The van der Waals surface area contributed by atoms with Crippen molar-refractivity contribution in [2.75, 3.05) is 12.9 Å². The number of thioether (sulfide) groups is 1. The normalized spacial score (nSPS) is 17.3. The predicted molar refractivity (Wildman–Crippen MR) is 70.3 cm³/mol. The molecule has 1 nitrogen and oxygen atoms in total. The molecule has 0 unspecified atom stereocenters. The molecule has 0 spiro atoms. The third kappa shape index (κ3) is 3.18. The molecule has 16 heavy (non-hydrogen) atoms. The summed E-state index contributed by atoms with van der Waals surface area (Å²) in [4.78, 5) is 1.25. The van der Waals surface area contributed by atoms with E-state index in [1.165, 1.54) is 37.0 Å². The van der Waals surface area contributed by atoms with Crippen LogP contribution in [-0.4, -0.2) is 12.9 Å². The first kappa shape index (κ1) is 11.8. The molecule has 0 N–H and O–H groups in total. The van der Waals surface area contributed by atoms with E-state index >= 15 is 0 Å². The lowest BCUT2D eigenvalue weighted by atomic mass is 9.90. The van der Waals surface area contributed by atoms with Gasteiger partial charge in [0.2, 0.25) is 0 Å². The fraction of sp³-hybridized carbons (Fsp3) is 0.571. The molecule has 0 radical (unpaired) electrons. The highest BCUT2D eigenvalue weighted by molar-refractivity contribution is 7.98. The quantitative estimate of drug-likeness (QED) is 0.718. The number of para-hydroxylation sites is 1. The monoisotopic (exact) mass is 236 g/mol. The lowest BCUT2D eigenvalue weighted by Crippen LogP contribution is -2.15. The number of hydrogen-bond donors (Lipinski definition) is 0. The van der Waals surface area contributed by atoms with E-state index in [9.17, 15) is 0 Å². The van der Waals surface area contributed by atoms with Gasteiger partial charge in [-0.2, -0.15) is 0 Å². The maximum Gasteiger partial charge on any atom is 0.132 e. The Kier molecular flexibility index (Phi) is 4.58. The van der Waals surface area contributed by atoms with E-state index < -0.39 is 0 Å². The molecule has 1 saturated carbocycles. The summed E-state index contributed by atoms with van der Waals surface area (Å²) >= 11 is 1.76. The van der Waals surface area contributed by atoms with Crippen molar-refractivity contribution in [3.8, 4) is 5.75 Å².